The Morgan fingerprint density at radius 2 is 2.36 bits per heavy atom. The molecule has 1 heterocycles. The minimum Gasteiger partial charge on any atom is -0.347 e. The van der Waals surface area contributed by atoms with Crippen LogP contribution >= 0.6 is 28.1 Å². The number of hydrogen-bond acceptors (Lipinski definition) is 3. The second-order valence-corrected chi connectivity index (χ2v) is 3.08. The van der Waals surface area contributed by atoms with Crippen molar-refractivity contribution in [1.82, 2.24) is 4.98 Å². The Labute approximate surface area is 75.5 Å². The Kier molecular flexibility index (Phi) is 2.35. The molecule has 1 aromatic rings. The van der Waals surface area contributed by atoms with E-state index >= 15 is 0 Å². The number of rotatable bonds is 1. The van der Waals surface area contributed by atoms with Gasteiger partial charge in [0, 0.05) is 0 Å². The molecule has 0 atom stereocenters. The monoisotopic (exact) mass is 234 g/mol. The molecule has 0 fully saturated rings. The van der Waals surface area contributed by atoms with Gasteiger partial charge in [-0.25, -0.2) is 0 Å². The van der Waals surface area contributed by atoms with Crippen LogP contribution in [0.2, 0.25) is 0 Å². The molecule has 0 radical (unpaired) electrons. The molecule has 0 saturated carbocycles. The Morgan fingerprint density at radius 3 is 2.82 bits per heavy atom. The van der Waals surface area contributed by atoms with Gasteiger partial charge in [-0.05, 0) is 22.0 Å². The SMILES string of the molecule is O=[N+]([O-])c1c[nH]c(=S)cc1Br. The molecule has 1 N–H and O–H groups in total. The number of nitrogens with one attached hydrogen (secondary N) is 1. The summed E-state index contributed by atoms with van der Waals surface area (Å²) in [5.74, 6) is 0. The number of halogens is 1. The van der Waals surface area contributed by atoms with Crippen LogP contribution in [0.15, 0.2) is 16.7 Å². The largest absolute Gasteiger partial charge is 0.347 e. The maximum Gasteiger partial charge on any atom is 0.299 e. The summed E-state index contributed by atoms with van der Waals surface area (Å²) >= 11 is 7.76. The summed E-state index contributed by atoms with van der Waals surface area (Å²) in [6, 6.07) is 1.48. The van der Waals surface area contributed by atoms with Crippen molar-refractivity contribution < 1.29 is 4.92 Å². The zero-order valence-corrected chi connectivity index (χ0v) is 7.61. The quantitative estimate of drug-likeness (QED) is 0.462. The summed E-state index contributed by atoms with van der Waals surface area (Å²) in [6.45, 7) is 0. The van der Waals surface area contributed by atoms with Gasteiger partial charge < -0.3 is 4.98 Å². The van der Waals surface area contributed by atoms with Crippen LogP contribution in [0.3, 0.4) is 0 Å². The van der Waals surface area contributed by atoms with Crippen LogP contribution in [0.4, 0.5) is 5.69 Å². The lowest BCUT2D eigenvalue weighted by molar-refractivity contribution is -0.386. The zero-order chi connectivity index (χ0) is 8.43. The summed E-state index contributed by atoms with van der Waals surface area (Å²) in [5, 5.41) is 10.3. The molecule has 0 aromatic carbocycles. The van der Waals surface area contributed by atoms with E-state index in [1.807, 2.05) is 0 Å². The fraction of sp³-hybridized carbons (Fsp3) is 0. The van der Waals surface area contributed by atoms with Crippen LogP contribution in [-0.4, -0.2) is 9.91 Å². The van der Waals surface area contributed by atoms with E-state index in [1.54, 1.807) is 0 Å². The van der Waals surface area contributed by atoms with Gasteiger partial charge >= 0.3 is 0 Å². The van der Waals surface area contributed by atoms with Crippen LogP contribution in [0.25, 0.3) is 0 Å². The molecule has 0 amide bonds. The molecule has 0 unspecified atom stereocenters. The van der Waals surface area contributed by atoms with Crippen molar-refractivity contribution in [3.63, 3.8) is 0 Å². The minimum atomic E-state index is -0.491. The Morgan fingerprint density at radius 1 is 1.73 bits per heavy atom. The fourth-order valence-corrected chi connectivity index (χ4v) is 1.40. The first kappa shape index (κ1) is 8.35. The van der Waals surface area contributed by atoms with E-state index in [-0.39, 0.29) is 5.69 Å². The molecule has 58 valence electrons. The Hall–Kier alpha value is -0.750. The van der Waals surface area contributed by atoms with E-state index < -0.39 is 4.92 Å². The van der Waals surface area contributed by atoms with Crippen LogP contribution < -0.4 is 0 Å². The van der Waals surface area contributed by atoms with E-state index in [4.69, 9.17) is 12.2 Å². The zero-order valence-electron chi connectivity index (χ0n) is 5.20. The van der Waals surface area contributed by atoms with E-state index in [0.29, 0.717) is 9.11 Å². The average Bonchev–Trinajstić information content (AvgIpc) is 1.85. The predicted molar refractivity (Wildman–Crippen MR) is 46.0 cm³/mol. The Balaban J connectivity index is 3.31. The normalized spacial score (nSPS) is 9.55. The topological polar surface area (TPSA) is 58.9 Å². The van der Waals surface area contributed by atoms with Crippen molar-refractivity contribution in [2.45, 2.75) is 0 Å². The highest BCUT2D eigenvalue weighted by Crippen LogP contribution is 2.22. The molecular weight excluding hydrogens is 232 g/mol. The molecule has 0 saturated heterocycles. The van der Waals surface area contributed by atoms with Crippen molar-refractivity contribution >= 4 is 33.8 Å². The van der Waals surface area contributed by atoms with Crippen molar-refractivity contribution in [1.29, 1.82) is 0 Å². The molecule has 0 spiro atoms. The molecule has 0 aliphatic carbocycles. The second kappa shape index (κ2) is 3.10. The van der Waals surface area contributed by atoms with E-state index in [9.17, 15) is 10.1 Å². The molecular formula is C5H3BrN2O2S. The number of aromatic nitrogens is 1. The lowest BCUT2D eigenvalue weighted by Gasteiger charge is -1.92. The first-order valence-corrected chi connectivity index (χ1v) is 3.84. The third-order valence-corrected chi connectivity index (χ3v) is 1.92. The highest BCUT2D eigenvalue weighted by atomic mass is 79.9. The third kappa shape index (κ3) is 1.84. The van der Waals surface area contributed by atoms with Gasteiger partial charge in [0.25, 0.3) is 5.69 Å². The molecule has 0 aliphatic rings. The standard InChI is InChI=1S/C5H3BrN2O2S/c6-3-1-5(11)7-2-4(3)8(9)10/h1-2H,(H,7,11). The van der Waals surface area contributed by atoms with Gasteiger partial charge in [-0.3, -0.25) is 10.1 Å². The first-order valence-electron chi connectivity index (χ1n) is 2.64. The van der Waals surface area contributed by atoms with Crippen LogP contribution in [0, 0.1) is 14.8 Å². The minimum absolute atomic E-state index is 0.0152. The lowest BCUT2D eigenvalue weighted by atomic mass is 10.4. The lowest BCUT2D eigenvalue weighted by Crippen LogP contribution is -1.89. The molecule has 4 nitrogen and oxygen atoms in total. The first-order chi connectivity index (χ1) is 5.11. The van der Waals surface area contributed by atoms with Gasteiger partial charge in [-0.2, -0.15) is 0 Å². The van der Waals surface area contributed by atoms with Gasteiger partial charge in [-0.15, -0.1) is 0 Å². The van der Waals surface area contributed by atoms with Crippen LogP contribution in [-0.2, 0) is 0 Å². The molecule has 1 aromatic heterocycles. The summed E-state index contributed by atoms with van der Waals surface area (Å²) in [5.41, 5.74) is -0.0152. The van der Waals surface area contributed by atoms with Gasteiger partial charge in [0.1, 0.15) is 4.64 Å². The number of H-pyrrole nitrogens is 1. The molecule has 0 aliphatic heterocycles. The van der Waals surface area contributed by atoms with Gasteiger partial charge in [0.15, 0.2) is 0 Å². The maximum atomic E-state index is 10.3. The highest BCUT2D eigenvalue weighted by molar-refractivity contribution is 9.10. The summed E-state index contributed by atoms with van der Waals surface area (Å²) < 4.78 is 0.855. The van der Waals surface area contributed by atoms with E-state index in [0.717, 1.165) is 0 Å². The molecule has 11 heavy (non-hydrogen) atoms. The van der Waals surface area contributed by atoms with Crippen molar-refractivity contribution in [3.05, 3.63) is 31.5 Å². The molecule has 1 rings (SSSR count). The predicted octanol–water partition coefficient (Wildman–Crippen LogP) is 2.41. The fourth-order valence-electron chi connectivity index (χ4n) is 0.579. The van der Waals surface area contributed by atoms with Gasteiger partial charge in [0.05, 0.1) is 15.6 Å². The highest BCUT2D eigenvalue weighted by Gasteiger charge is 2.09. The molecule has 6 heteroatoms. The number of nitro groups is 1. The smallest absolute Gasteiger partial charge is 0.299 e. The van der Waals surface area contributed by atoms with Gasteiger partial charge in [0.2, 0.25) is 0 Å². The van der Waals surface area contributed by atoms with Crippen molar-refractivity contribution in [2.24, 2.45) is 0 Å². The van der Waals surface area contributed by atoms with Gasteiger partial charge in [-0.1, -0.05) is 12.2 Å². The third-order valence-electron chi connectivity index (χ3n) is 1.05. The average molecular weight is 235 g/mol. The van der Waals surface area contributed by atoms with E-state index in [1.165, 1.54) is 12.3 Å². The number of hydrogen-bond donors (Lipinski definition) is 1. The summed E-state index contributed by atoms with van der Waals surface area (Å²) in [4.78, 5) is 12.3. The summed E-state index contributed by atoms with van der Waals surface area (Å²) in [6.07, 6.45) is 1.26. The second-order valence-electron chi connectivity index (χ2n) is 1.79. The number of nitrogens with zero attached hydrogens (tertiary/aromatic N) is 1. The van der Waals surface area contributed by atoms with Crippen molar-refractivity contribution in [3.8, 4) is 0 Å². The van der Waals surface area contributed by atoms with E-state index in [2.05, 4.69) is 20.9 Å². The van der Waals surface area contributed by atoms with Crippen molar-refractivity contribution in [2.75, 3.05) is 0 Å². The summed E-state index contributed by atoms with van der Waals surface area (Å²) in [7, 11) is 0. The Bertz CT molecular complexity index is 349. The number of pyridine rings is 1. The van der Waals surface area contributed by atoms with Crippen LogP contribution in [0.5, 0.6) is 0 Å². The molecule has 0 bridgehead atoms. The van der Waals surface area contributed by atoms with Crippen LogP contribution in [0.1, 0.15) is 0 Å². The number of aromatic amines is 1. The maximum absolute atomic E-state index is 10.3.